The van der Waals surface area contributed by atoms with Gasteiger partial charge in [0.1, 0.15) is 5.82 Å². The van der Waals surface area contributed by atoms with Gasteiger partial charge in [-0.05, 0) is 66.2 Å². The van der Waals surface area contributed by atoms with Crippen LogP contribution < -0.4 is 16.0 Å². The number of rotatable bonds is 10. The number of amides is 2. The van der Waals surface area contributed by atoms with Crippen LogP contribution in [0.1, 0.15) is 40.0 Å². The fourth-order valence-corrected chi connectivity index (χ4v) is 2.85. The molecular formula is C22H28F2IN3O2. The minimum absolute atomic E-state index is 0.126. The van der Waals surface area contributed by atoms with E-state index in [4.69, 9.17) is 0 Å². The van der Waals surface area contributed by atoms with Crippen molar-refractivity contribution >= 4 is 34.4 Å². The van der Waals surface area contributed by atoms with Gasteiger partial charge in [0.2, 0.25) is 5.91 Å². The van der Waals surface area contributed by atoms with Crippen LogP contribution in [0, 0.1) is 0 Å². The van der Waals surface area contributed by atoms with E-state index < -0.39 is 3.93 Å². The summed E-state index contributed by atoms with van der Waals surface area (Å²) in [5.41, 5.74) is 4.42. The van der Waals surface area contributed by atoms with E-state index >= 15 is 0 Å². The maximum atomic E-state index is 13.2. The van der Waals surface area contributed by atoms with Gasteiger partial charge in [0.05, 0.1) is 6.04 Å². The first-order valence-corrected chi connectivity index (χ1v) is 10.7. The SMILES string of the molecule is C=C=C(/C=C(\C=C/C)C(C)NC(=O)C1=CCNC(NC(=O)CC)=C1)CCC(F)(F)I. The summed E-state index contributed by atoms with van der Waals surface area (Å²) in [6.45, 7) is 9.38. The van der Waals surface area contributed by atoms with Crippen LogP contribution >= 0.6 is 22.6 Å². The molecule has 0 saturated heterocycles. The Balaban J connectivity index is 2.91. The number of dihydropyridines is 1. The van der Waals surface area contributed by atoms with Crippen LogP contribution in [0.15, 0.2) is 65.2 Å². The highest BCUT2D eigenvalue weighted by atomic mass is 127. The number of alkyl halides is 3. The molecule has 0 fully saturated rings. The summed E-state index contributed by atoms with van der Waals surface area (Å²) >= 11 is 1.11. The maximum Gasteiger partial charge on any atom is 0.296 e. The second kappa shape index (κ2) is 12.5. The molecule has 0 saturated carbocycles. The summed E-state index contributed by atoms with van der Waals surface area (Å²) in [7, 11) is 0. The lowest BCUT2D eigenvalue weighted by molar-refractivity contribution is -0.120. The Morgan fingerprint density at radius 3 is 2.73 bits per heavy atom. The zero-order valence-corrected chi connectivity index (χ0v) is 19.6. The molecule has 5 nitrogen and oxygen atoms in total. The molecule has 164 valence electrons. The third-order valence-corrected chi connectivity index (χ3v) is 4.76. The van der Waals surface area contributed by atoms with E-state index in [0.717, 1.165) is 28.2 Å². The quantitative estimate of drug-likeness (QED) is 0.169. The zero-order chi connectivity index (χ0) is 22.7. The summed E-state index contributed by atoms with van der Waals surface area (Å²) in [5, 5.41) is 8.59. The van der Waals surface area contributed by atoms with Crippen molar-refractivity contribution in [2.24, 2.45) is 0 Å². The summed E-state index contributed by atoms with van der Waals surface area (Å²) in [6.07, 6.45) is 8.79. The standard InChI is InChI=1S/C22H28F2IN3O2/c1-5-8-17(13-16(6-2)9-11-22(23,24)25)15(4)27-21(30)18-10-12-26-19(14-18)28-20(29)7-3/h5,8,10,13-15,26H,2,7,9,11-12H2,1,3-4H3,(H,27,30)(H,28,29)/b8-5-,17-13+. The van der Waals surface area contributed by atoms with Crippen molar-refractivity contribution < 1.29 is 18.4 Å². The van der Waals surface area contributed by atoms with Gasteiger partial charge < -0.3 is 16.0 Å². The first kappa shape index (κ1) is 25.8. The van der Waals surface area contributed by atoms with E-state index in [1.165, 1.54) is 0 Å². The normalized spacial score (nSPS) is 15.5. The number of halogens is 3. The molecule has 2 amide bonds. The molecule has 1 unspecified atom stereocenters. The topological polar surface area (TPSA) is 70.2 Å². The largest absolute Gasteiger partial charge is 0.368 e. The van der Waals surface area contributed by atoms with Gasteiger partial charge in [-0.1, -0.05) is 31.7 Å². The van der Waals surface area contributed by atoms with Gasteiger partial charge in [-0.25, -0.2) is 0 Å². The third kappa shape index (κ3) is 9.54. The summed E-state index contributed by atoms with van der Waals surface area (Å²) in [6, 6.07) is -0.380. The third-order valence-electron chi connectivity index (χ3n) is 4.22. The van der Waals surface area contributed by atoms with E-state index in [9.17, 15) is 18.4 Å². The molecule has 0 aromatic rings. The number of carbonyl (C=O) groups is 2. The van der Waals surface area contributed by atoms with E-state index in [2.05, 4.69) is 28.3 Å². The smallest absolute Gasteiger partial charge is 0.296 e. The summed E-state index contributed by atoms with van der Waals surface area (Å²) < 4.78 is 23.5. The molecule has 0 aromatic heterocycles. The van der Waals surface area contributed by atoms with Crippen LogP contribution in [0.3, 0.4) is 0 Å². The Morgan fingerprint density at radius 1 is 1.47 bits per heavy atom. The van der Waals surface area contributed by atoms with Crippen LogP contribution in [-0.4, -0.2) is 28.3 Å². The second-order valence-corrected chi connectivity index (χ2v) is 8.24. The Kier molecular flexibility index (Phi) is 10.8. The van der Waals surface area contributed by atoms with Crippen molar-refractivity contribution in [2.75, 3.05) is 6.54 Å². The van der Waals surface area contributed by atoms with Crippen LogP contribution in [0.2, 0.25) is 0 Å². The van der Waals surface area contributed by atoms with Gasteiger partial charge in [0.15, 0.2) is 0 Å². The number of carbonyl (C=O) groups excluding carboxylic acids is 2. The molecule has 1 rings (SSSR count). The molecule has 30 heavy (non-hydrogen) atoms. The monoisotopic (exact) mass is 531 g/mol. The molecule has 1 aliphatic rings. The van der Waals surface area contributed by atoms with Gasteiger partial charge in [0, 0.05) is 25.0 Å². The molecular weight excluding hydrogens is 503 g/mol. The predicted octanol–water partition coefficient (Wildman–Crippen LogP) is 4.41. The van der Waals surface area contributed by atoms with Crippen LogP contribution in [-0.2, 0) is 9.59 Å². The van der Waals surface area contributed by atoms with Crippen molar-refractivity contribution in [2.45, 2.75) is 50.0 Å². The molecule has 8 heteroatoms. The first-order chi connectivity index (χ1) is 14.1. The number of hydrogen-bond donors (Lipinski definition) is 3. The van der Waals surface area contributed by atoms with Gasteiger partial charge in [0.25, 0.3) is 9.84 Å². The minimum Gasteiger partial charge on any atom is -0.368 e. The van der Waals surface area contributed by atoms with Gasteiger partial charge in [-0.15, -0.1) is 5.73 Å². The first-order valence-electron chi connectivity index (χ1n) is 9.66. The van der Waals surface area contributed by atoms with E-state index in [-0.39, 0.29) is 30.7 Å². The summed E-state index contributed by atoms with van der Waals surface area (Å²) in [5.74, 6) is 0.0245. The molecule has 0 aliphatic carbocycles. The van der Waals surface area contributed by atoms with Crippen LogP contribution in [0.25, 0.3) is 0 Å². The molecule has 0 bridgehead atoms. The van der Waals surface area contributed by atoms with Gasteiger partial charge in [-0.2, -0.15) is 8.78 Å². The highest BCUT2D eigenvalue weighted by Gasteiger charge is 2.23. The molecule has 0 spiro atoms. The summed E-state index contributed by atoms with van der Waals surface area (Å²) in [4.78, 5) is 24.2. The molecule has 1 aliphatic heterocycles. The van der Waals surface area contributed by atoms with Gasteiger partial charge >= 0.3 is 0 Å². The van der Waals surface area contributed by atoms with Crippen molar-refractivity contribution in [1.29, 1.82) is 0 Å². The molecule has 1 atom stereocenters. The Morgan fingerprint density at radius 2 is 2.17 bits per heavy atom. The van der Waals surface area contributed by atoms with Crippen LogP contribution in [0.5, 0.6) is 0 Å². The van der Waals surface area contributed by atoms with Crippen LogP contribution in [0.4, 0.5) is 8.78 Å². The maximum absolute atomic E-state index is 13.2. The highest BCUT2D eigenvalue weighted by molar-refractivity contribution is 14.1. The Bertz CT molecular complexity index is 817. The Hall–Kier alpha value is -2.19. The van der Waals surface area contributed by atoms with Crippen molar-refractivity contribution in [3.05, 3.63) is 65.2 Å². The molecule has 1 heterocycles. The molecule has 3 N–H and O–H groups in total. The van der Waals surface area contributed by atoms with E-state index in [1.807, 2.05) is 26.0 Å². The number of hydrogen-bond acceptors (Lipinski definition) is 3. The number of allylic oxidation sites excluding steroid dienone is 3. The molecule has 0 aromatic carbocycles. The lowest BCUT2D eigenvalue weighted by Gasteiger charge is -2.20. The second-order valence-electron chi connectivity index (χ2n) is 6.66. The average molecular weight is 531 g/mol. The van der Waals surface area contributed by atoms with E-state index in [1.54, 1.807) is 25.2 Å². The predicted molar refractivity (Wildman–Crippen MR) is 124 cm³/mol. The number of nitrogens with one attached hydrogen (secondary N) is 3. The molecule has 0 radical (unpaired) electrons. The lowest BCUT2D eigenvalue weighted by atomic mass is 10.0. The lowest BCUT2D eigenvalue weighted by Crippen LogP contribution is -2.38. The zero-order valence-electron chi connectivity index (χ0n) is 17.5. The Labute approximate surface area is 190 Å². The van der Waals surface area contributed by atoms with Crippen molar-refractivity contribution in [3.63, 3.8) is 0 Å². The van der Waals surface area contributed by atoms with E-state index in [0.29, 0.717) is 29.9 Å². The highest BCUT2D eigenvalue weighted by Crippen LogP contribution is 2.30. The van der Waals surface area contributed by atoms with Crippen molar-refractivity contribution in [1.82, 2.24) is 16.0 Å². The minimum atomic E-state index is -2.80. The fourth-order valence-electron chi connectivity index (χ4n) is 2.58. The fraction of sp³-hybridized carbons (Fsp3) is 0.409. The van der Waals surface area contributed by atoms with Gasteiger partial charge in [-0.3, -0.25) is 9.59 Å². The average Bonchev–Trinajstić information content (AvgIpc) is 2.69. The van der Waals surface area contributed by atoms with Crippen molar-refractivity contribution in [3.8, 4) is 0 Å².